The zero-order valence-electron chi connectivity index (χ0n) is 22.7. The predicted molar refractivity (Wildman–Crippen MR) is 152 cm³/mol. The topological polar surface area (TPSA) is 96.3 Å². The van der Waals surface area contributed by atoms with Crippen LogP contribution in [0.1, 0.15) is 50.0 Å². The molecular formula is C31H35NO6S. The molecule has 7 nitrogen and oxygen atoms in total. The number of rotatable bonds is 7. The van der Waals surface area contributed by atoms with Gasteiger partial charge in [-0.05, 0) is 92.4 Å². The van der Waals surface area contributed by atoms with Crippen LogP contribution in [0, 0.1) is 5.92 Å². The molecular weight excluding hydrogens is 514 g/mol. The molecule has 2 aliphatic heterocycles. The van der Waals surface area contributed by atoms with Crippen molar-refractivity contribution < 1.29 is 28.1 Å². The van der Waals surface area contributed by atoms with E-state index in [2.05, 4.69) is 18.7 Å². The molecule has 1 saturated heterocycles. The minimum absolute atomic E-state index is 0.0524. The highest BCUT2D eigenvalue weighted by Gasteiger charge is 2.32. The van der Waals surface area contributed by atoms with E-state index in [1.165, 1.54) is 24.6 Å². The van der Waals surface area contributed by atoms with Gasteiger partial charge in [-0.3, -0.25) is 4.90 Å². The Morgan fingerprint density at radius 1 is 1.03 bits per heavy atom. The SMILES string of the molecule is CC1=C(c2cc(O)ccc2S(C)(=O)=O)C(c2ccc(OCC(C)N3CCC(C)C3)cc2)Oc2ccc(O)cc21. The van der Waals surface area contributed by atoms with Crippen LogP contribution in [0.25, 0.3) is 11.1 Å². The summed E-state index contributed by atoms with van der Waals surface area (Å²) in [4.78, 5) is 2.55. The average Bonchev–Trinajstić information content (AvgIpc) is 3.33. The van der Waals surface area contributed by atoms with Crippen LogP contribution < -0.4 is 9.47 Å². The molecule has 3 aromatic carbocycles. The van der Waals surface area contributed by atoms with Crippen molar-refractivity contribution >= 4 is 21.0 Å². The van der Waals surface area contributed by atoms with Crippen molar-refractivity contribution in [2.45, 2.75) is 44.2 Å². The van der Waals surface area contributed by atoms with Crippen molar-refractivity contribution in [1.82, 2.24) is 4.90 Å². The third-order valence-corrected chi connectivity index (χ3v) is 8.84. The van der Waals surface area contributed by atoms with Gasteiger partial charge in [0.2, 0.25) is 0 Å². The summed E-state index contributed by atoms with van der Waals surface area (Å²) in [6.45, 7) is 9.13. The lowest BCUT2D eigenvalue weighted by Crippen LogP contribution is -2.35. The Bertz CT molecular complexity index is 1510. The molecule has 0 aromatic heterocycles. The highest BCUT2D eigenvalue weighted by Crippen LogP contribution is 2.49. The number of phenols is 2. The third kappa shape index (κ3) is 5.63. The van der Waals surface area contributed by atoms with E-state index in [-0.39, 0.29) is 16.4 Å². The third-order valence-electron chi connectivity index (χ3n) is 7.68. The van der Waals surface area contributed by atoms with Crippen LogP contribution in [0.2, 0.25) is 0 Å². The van der Waals surface area contributed by atoms with Crippen molar-refractivity contribution in [2.75, 3.05) is 26.0 Å². The fourth-order valence-corrected chi connectivity index (χ4v) is 6.39. The van der Waals surface area contributed by atoms with Crippen LogP contribution in [0.5, 0.6) is 23.0 Å². The molecule has 2 N–H and O–H groups in total. The number of aromatic hydroxyl groups is 2. The van der Waals surface area contributed by atoms with E-state index in [0.717, 1.165) is 42.1 Å². The van der Waals surface area contributed by atoms with Gasteiger partial charge in [-0.25, -0.2) is 8.42 Å². The second-order valence-corrected chi connectivity index (χ2v) is 12.8. The molecule has 3 aromatic rings. The summed E-state index contributed by atoms with van der Waals surface area (Å²) in [6.07, 6.45) is 1.72. The van der Waals surface area contributed by atoms with Crippen LogP contribution >= 0.6 is 0 Å². The summed E-state index contributed by atoms with van der Waals surface area (Å²) in [6, 6.07) is 17.1. The number of phenolic OH excluding ortho intramolecular Hbond substituents is 2. The lowest BCUT2D eigenvalue weighted by atomic mass is 9.86. The molecule has 0 amide bonds. The van der Waals surface area contributed by atoms with Gasteiger partial charge in [-0.15, -0.1) is 0 Å². The average molecular weight is 550 g/mol. The molecule has 2 heterocycles. The van der Waals surface area contributed by atoms with E-state index >= 15 is 0 Å². The van der Waals surface area contributed by atoms with E-state index < -0.39 is 15.9 Å². The van der Waals surface area contributed by atoms with E-state index in [4.69, 9.17) is 9.47 Å². The van der Waals surface area contributed by atoms with Crippen LogP contribution in [-0.2, 0) is 9.84 Å². The first-order valence-corrected chi connectivity index (χ1v) is 15.1. The van der Waals surface area contributed by atoms with Gasteiger partial charge in [0.25, 0.3) is 0 Å². The maximum Gasteiger partial charge on any atom is 0.176 e. The van der Waals surface area contributed by atoms with Gasteiger partial charge in [0.1, 0.15) is 35.7 Å². The second-order valence-electron chi connectivity index (χ2n) is 10.8. The number of fused-ring (bicyclic) bond motifs is 1. The van der Waals surface area contributed by atoms with Gasteiger partial charge in [0.05, 0.1) is 4.90 Å². The summed E-state index contributed by atoms with van der Waals surface area (Å²) < 4.78 is 38.0. The molecule has 1 fully saturated rings. The number of ether oxygens (including phenoxy) is 2. The van der Waals surface area contributed by atoms with E-state index in [9.17, 15) is 18.6 Å². The number of nitrogens with zero attached hydrogens (tertiary/aromatic N) is 1. The predicted octanol–water partition coefficient (Wildman–Crippen LogP) is 5.67. The van der Waals surface area contributed by atoms with E-state index in [1.54, 1.807) is 18.2 Å². The molecule has 39 heavy (non-hydrogen) atoms. The van der Waals surface area contributed by atoms with Crippen LogP contribution in [0.3, 0.4) is 0 Å². The lowest BCUT2D eigenvalue weighted by Gasteiger charge is -2.32. The van der Waals surface area contributed by atoms with Crippen molar-refractivity contribution in [1.29, 1.82) is 0 Å². The summed E-state index contributed by atoms with van der Waals surface area (Å²) in [5, 5.41) is 20.5. The summed E-state index contributed by atoms with van der Waals surface area (Å²) in [5.41, 5.74) is 3.19. The first-order valence-electron chi connectivity index (χ1n) is 13.2. The normalized spacial score (nSPS) is 20.4. The van der Waals surface area contributed by atoms with Crippen molar-refractivity contribution in [3.63, 3.8) is 0 Å². The standard InChI is InChI=1S/C31H35NO6S/c1-19-13-14-32(17-19)20(2)18-37-25-9-5-22(6-10-25)31-30(21(3)26-15-23(33)7-11-28(26)38-31)27-16-24(34)8-12-29(27)39(4,35)36/h5-12,15-16,19-20,31,33-34H,13-14,17-18H2,1-4H3. The Morgan fingerprint density at radius 3 is 2.33 bits per heavy atom. The minimum Gasteiger partial charge on any atom is -0.508 e. The van der Waals surface area contributed by atoms with Gasteiger partial charge in [0, 0.05) is 35.5 Å². The largest absolute Gasteiger partial charge is 0.508 e. The fraction of sp³-hybridized carbons (Fsp3) is 0.355. The highest BCUT2D eigenvalue weighted by molar-refractivity contribution is 7.90. The highest BCUT2D eigenvalue weighted by atomic mass is 32.2. The molecule has 0 aliphatic carbocycles. The number of hydrogen-bond donors (Lipinski definition) is 2. The van der Waals surface area contributed by atoms with Crippen molar-refractivity contribution in [3.8, 4) is 23.0 Å². The molecule has 3 unspecified atom stereocenters. The fourth-order valence-electron chi connectivity index (χ4n) is 5.50. The van der Waals surface area contributed by atoms with E-state index in [0.29, 0.717) is 35.1 Å². The molecule has 0 saturated carbocycles. The maximum atomic E-state index is 12.7. The van der Waals surface area contributed by atoms with Gasteiger partial charge in [-0.1, -0.05) is 19.1 Å². The molecule has 5 rings (SSSR count). The van der Waals surface area contributed by atoms with Crippen LogP contribution in [-0.4, -0.2) is 55.5 Å². The summed E-state index contributed by atoms with van der Waals surface area (Å²) in [5.74, 6) is 2.07. The number of likely N-dealkylation sites (tertiary alicyclic amines) is 1. The van der Waals surface area contributed by atoms with Gasteiger partial charge in [-0.2, -0.15) is 0 Å². The number of benzene rings is 3. The Labute approximate surface area is 230 Å². The van der Waals surface area contributed by atoms with Crippen molar-refractivity contribution in [2.24, 2.45) is 5.92 Å². The zero-order valence-corrected chi connectivity index (χ0v) is 23.5. The van der Waals surface area contributed by atoms with Crippen LogP contribution in [0.4, 0.5) is 0 Å². The summed E-state index contributed by atoms with van der Waals surface area (Å²) >= 11 is 0. The van der Waals surface area contributed by atoms with Gasteiger partial charge in [0.15, 0.2) is 9.84 Å². The Hall–Kier alpha value is -3.49. The van der Waals surface area contributed by atoms with E-state index in [1.807, 2.05) is 31.2 Å². The van der Waals surface area contributed by atoms with Gasteiger partial charge >= 0.3 is 0 Å². The zero-order chi connectivity index (χ0) is 27.9. The molecule has 0 radical (unpaired) electrons. The first kappa shape index (κ1) is 27.1. The molecule has 0 spiro atoms. The van der Waals surface area contributed by atoms with Crippen LogP contribution in [0.15, 0.2) is 65.6 Å². The lowest BCUT2D eigenvalue weighted by molar-refractivity contribution is 0.169. The molecule has 8 heteroatoms. The number of sulfone groups is 1. The molecule has 206 valence electrons. The van der Waals surface area contributed by atoms with Crippen molar-refractivity contribution in [3.05, 3.63) is 77.4 Å². The quantitative estimate of drug-likeness (QED) is 0.392. The number of allylic oxidation sites excluding steroid dienone is 1. The molecule has 3 atom stereocenters. The van der Waals surface area contributed by atoms with Gasteiger partial charge < -0.3 is 19.7 Å². The monoisotopic (exact) mass is 549 g/mol. The molecule has 0 bridgehead atoms. The Morgan fingerprint density at radius 2 is 1.69 bits per heavy atom. The second kappa shape index (κ2) is 10.6. The number of hydrogen-bond acceptors (Lipinski definition) is 7. The smallest absolute Gasteiger partial charge is 0.176 e. The maximum absolute atomic E-state index is 12.7. The summed E-state index contributed by atoms with van der Waals surface area (Å²) in [7, 11) is -3.62. The Kier molecular flexibility index (Phi) is 7.35. The molecule has 2 aliphatic rings. The minimum atomic E-state index is -3.62. The first-order chi connectivity index (χ1) is 18.5. The Balaban J connectivity index is 1.50.